The van der Waals surface area contributed by atoms with Crippen molar-refractivity contribution in [3.63, 3.8) is 0 Å². The lowest BCUT2D eigenvalue weighted by Gasteiger charge is -2.13. The van der Waals surface area contributed by atoms with Crippen LogP contribution in [0.15, 0.2) is 27.4 Å². The van der Waals surface area contributed by atoms with Gasteiger partial charge in [0, 0.05) is 12.1 Å². The van der Waals surface area contributed by atoms with Crippen LogP contribution in [0.3, 0.4) is 0 Å². The molecular formula is C37H62O5. The first-order chi connectivity index (χ1) is 20.7. The van der Waals surface area contributed by atoms with E-state index < -0.39 is 5.63 Å². The van der Waals surface area contributed by atoms with Gasteiger partial charge < -0.3 is 19.0 Å². The lowest BCUT2D eigenvalue weighted by Crippen LogP contribution is -2.03. The average Bonchev–Trinajstić information content (AvgIpc) is 2.97. The number of hydrogen-bond acceptors (Lipinski definition) is 5. The van der Waals surface area contributed by atoms with Crippen LogP contribution < -0.4 is 15.1 Å². The smallest absolute Gasteiger partial charge is 0.339 e. The summed E-state index contributed by atoms with van der Waals surface area (Å²) in [6.45, 7) is 5.71. The summed E-state index contributed by atoms with van der Waals surface area (Å²) >= 11 is 0. The molecule has 0 saturated carbocycles. The van der Waals surface area contributed by atoms with Gasteiger partial charge in [-0.3, -0.25) is 0 Å². The average molecular weight is 587 g/mol. The number of fused-ring (bicyclic) bond motifs is 1. The Morgan fingerprint density at radius 1 is 0.548 bits per heavy atom. The first-order valence-corrected chi connectivity index (χ1v) is 17.7. The van der Waals surface area contributed by atoms with Gasteiger partial charge in [-0.05, 0) is 12.8 Å². The highest BCUT2D eigenvalue weighted by atomic mass is 16.5. The van der Waals surface area contributed by atoms with Crippen molar-refractivity contribution >= 4 is 11.0 Å². The Balaban J connectivity index is 1.65. The summed E-state index contributed by atoms with van der Waals surface area (Å²) in [7, 11) is 0. The molecule has 5 heteroatoms. The van der Waals surface area contributed by atoms with Gasteiger partial charge in [0.25, 0.3) is 0 Å². The molecule has 1 aromatic heterocycles. The topological polar surface area (TPSA) is 68.9 Å². The van der Waals surface area contributed by atoms with Crippen molar-refractivity contribution in [3.8, 4) is 17.2 Å². The van der Waals surface area contributed by atoms with Gasteiger partial charge in [0.1, 0.15) is 28.2 Å². The van der Waals surface area contributed by atoms with Crippen molar-refractivity contribution < 1.29 is 19.0 Å². The Labute approximate surface area is 256 Å². The van der Waals surface area contributed by atoms with E-state index in [9.17, 15) is 9.90 Å². The summed E-state index contributed by atoms with van der Waals surface area (Å²) < 4.78 is 17.5. The van der Waals surface area contributed by atoms with Crippen LogP contribution in [0.25, 0.3) is 11.0 Å². The van der Waals surface area contributed by atoms with Gasteiger partial charge in [-0.25, -0.2) is 4.79 Å². The Hall–Kier alpha value is -2.17. The molecule has 2 aromatic rings. The third-order valence-corrected chi connectivity index (χ3v) is 8.28. The zero-order valence-electron chi connectivity index (χ0n) is 27.2. The maximum atomic E-state index is 11.9. The molecule has 0 radical (unpaired) electrons. The molecule has 0 unspecified atom stereocenters. The standard InChI is InChI=1S/C37H62O5/c1-3-5-7-9-11-13-15-17-19-21-23-25-27-40-32-29-34(37-33(38)31-36(39)42-35(37)30-32)41-28-26-24-22-20-18-16-14-12-10-8-6-4-2/h29-31,38H,3-28H2,1-2H3. The van der Waals surface area contributed by atoms with E-state index in [1.807, 2.05) is 6.07 Å². The molecule has 0 aliphatic heterocycles. The monoisotopic (exact) mass is 586 g/mol. The quantitative estimate of drug-likeness (QED) is 0.0793. The van der Waals surface area contributed by atoms with Gasteiger partial charge in [-0.2, -0.15) is 0 Å². The maximum absolute atomic E-state index is 11.9. The van der Waals surface area contributed by atoms with Crippen LogP contribution in [0, 0.1) is 0 Å². The maximum Gasteiger partial charge on any atom is 0.339 e. The first kappa shape index (κ1) is 36.0. The normalized spacial score (nSPS) is 11.4. The van der Waals surface area contributed by atoms with Crippen LogP contribution in [0.5, 0.6) is 17.2 Å². The van der Waals surface area contributed by atoms with Crippen molar-refractivity contribution in [1.29, 1.82) is 0 Å². The van der Waals surface area contributed by atoms with Gasteiger partial charge in [0.15, 0.2) is 0 Å². The Bertz CT molecular complexity index is 982. The fourth-order valence-corrected chi connectivity index (χ4v) is 5.68. The summed E-state index contributed by atoms with van der Waals surface area (Å²) in [5.74, 6) is 1.02. The van der Waals surface area contributed by atoms with Crippen LogP contribution in [-0.2, 0) is 0 Å². The van der Waals surface area contributed by atoms with Gasteiger partial charge in [-0.15, -0.1) is 0 Å². The number of rotatable bonds is 28. The SMILES string of the molecule is CCCCCCCCCCCCCCOc1cc(OCCCCCCCCCCCCCC)c2c(O)cc(=O)oc2c1. The van der Waals surface area contributed by atoms with Gasteiger partial charge in [0.2, 0.25) is 0 Å². The zero-order valence-corrected chi connectivity index (χ0v) is 27.2. The number of unbranched alkanes of at least 4 members (excludes halogenated alkanes) is 22. The molecule has 0 saturated heterocycles. The predicted octanol–water partition coefficient (Wildman–Crippen LogP) is 11.7. The molecule has 0 spiro atoms. The lowest BCUT2D eigenvalue weighted by atomic mass is 10.1. The minimum Gasteiger partial charge on any atom is -0.507 e. The van der Waals surface area contributed by atoms with E-state index in [1.54, 1.807) is 6.07 Å². The van der Waals surface area contributed by atoms with Gasteiger partial charge >= 0.3 is 5.63 Å². The Morgan fingerprint density at radius 2 is 0.952 bits per heavy atom. The van der Waals surface area contributed by atoms with Crippen LogP contribution in [0.4, 0.5) is 0 Å². The molecule has 1 aromatic carbocycles. The van der Waals surface area contributed by atoms with E-state index in [2.05, 4.69) is 13.8 Å². The molecule has 1 heterocycles. The van der Waals surface area contributed by atoms with E-state index in [0.29, 0.717) is 35.7 Å². The van der Waals surface area contributed by atoms with Gasteiger partial charge in [-0.1, -0.05) is 155 Å². The molecule has 0 atom stereocenters. The van der Waals surface area contributed by atoms with Crippen LogP contribution in [-0.4, -0.2) is 18.3 Å². The van der Waals surface area contributed by atoms with Crippen LogP contribution in [0.1, 0.15) is 168 Å². The number of hydrogen-bond donors (Lipinski definition) is 1. The van der Waals surface area contributed by atoms with E-state index >= 15 is 0 Å². The largest absolute Gasteiger partial charge is 0.507 e. The summed E-state index contributed by atoms with van der Waals surface area (Å²) in [5, 5.41) is 10.9. The first-order valence-electron chi connectivity index (χ1n) is 17.7. The van der Waals surface area contributed by atoms with Crippen molar-refractivity contribution in [3.05, 3.63) is 28.6 Å². The summed E-state index contributed by atoms with van der Waals surface area (Å²) in [6.07, 6.45) is 31.2. The van der Waals surface area contributed by atoms with E-state index in [4.69, 9.17) is 13.9 Å². The number of ether oxygens (including phenoxy) is 2. The summed E-state index contributed by atoms with van der Waals surface area (Å²) in [5.41, 5.74) is -0.276. The molecule has 1 N–H and O–H groups in total. The summed E-state index contributed by atoms with van der Waals surface area (Å²) in [4.78, 5) is 11.9. The highest BCUT2D eigenvalue weighted by molar-refractivity contribution is 5.90. The van der Waals surface area contributed by atoms with Crippen molar-refractivity contribution in [2.75, 3.05) is 13.2 Å². The second-order valence-corrected chi connectivity index (χ2v) is 12.2. The second-order valence-electron chi connectivity index (χ2n) is 12.2. The predicted molar refractivity (Wildman–Crippen MR) is 177 cm³/mol. The second kappa shape index (κ2) is 24.3. The minimum absolute atomic E-state index is 0.113. The molecule has 240 valence electrons. The molecule has 0 amide bonds. The molecule has 0 fully saturated rings. The molecular weight excluding hydrogens is 524 g/mol. The molecule has 42 heavy (non-hydrogen) atoms. The van der Waals surface area contributed by atoms with Crippen molar-refractivity contribution in [2.24, 2.45) is 0 Å². The highest BCUT2D eigenvalue weighted by Crippen LogP contribution is 2.36. The van der Waals surface area contributed by atoms with Crippen LogP contribution >= 0.6 is 0 Å². The Kier molecular flexibility index (Phi) is 20.8. The van der Waals surface area contributed by atoms with E-state index in [0.717, 1.165) is 31.7 Å². The molecule has 0 aliphatic rings. The lowest BCUT2D eigenvalue weighted by molar-refractivity contribution is 0.291. The zero-order chi connectivity index (χ0) is 30.1. The summed E-state index contributed by atoms with van der Waals surface area (Å²) in [6, 6.07) is 4.61. The molecule has 2 rings (SSSR count). The minimum atomic E-state index is -0.579. The number of aromatic hydroxyl groups is 1. The van der Waals surface area contributed by atoms with Crippen LogP contribution in [0.2, 0.25) is 0 Å². The Morgan fingerprint density at radius 3 is 1.40 bits per heavy atom. The van der Waals surface area contributed by atoms with Crippen molar-refractivity contribution in [2.45, 2.75) is 168 Å². The molecule has 5 nitrogen and oxygen atoms in total. The fourth-order valence-electron chi connectivity index (χ4n) is 5.68. The highest BCUT2D eigenvalue weighted by Gasteiger charge is 2.14. The van der Waals surface area contributed by atoms with E-state index in [-0.39, 0.29) is 5.75 Å². The number of benzene rings is 1. The van der Waals surface area contributed by atoms with E-state index in [1.165, 1.54) is 128 Å². The van der Waals surface area contributed by atoms with Gasteiger partial charge in [0.05, 0.1) is 19.3 Å². The molecule has 0 aliphatic carbocycles. The van der Waals surface area contributed by atoms with Crippen molar-refractivity contribution in [1.82, 2.24) is 0 Å². The fraction of sp³-hybridized carbons (Fsp3) is 0.757. The third-order valence-electron chi connectivity index (χ3n) is 8.28. The third kappa shape index (κ3) is 16.5. The molecule has 0 bridgehead atoms.